The first kappa shape index (κ1) is 9.86. The molecule has 0 aromatic carbocycles. The zero-order chi connectivity index (χ0) is 11.2. The Hall–Kier alpha value is -0.120. The lowest BCUT2D eigenvalue weighted by molar-refractivity contribution is -0.268. The number of rotatable bonds is 4. The van der Waals surface area contributed by atoms with Crippen molar-refractivity contribution in [3.8, 4) is 0 Å². The molecule has 0 saturated heterocycles. The molecule has 0 heterocycles. The topological polar surface area (TPSA) is 61.3 Å². The molecule has 5 atom stereocenters. The van der Waals surface area contributed by atoms with Crippen LogP contribution in [0.2, 0.25) is 0 Å². The summed E-state index contributed by atoms with van der Waals surface area (Å²) in [6.07, 6.45) is 6.44. The Bertz CT molecular complexity index is 350. The molecule has 16 heavy (non-hydrogen) atoms. The molecule has 4 fully saturated rings. The van der Waals surface area contributed by atoms with Gasteiger partial charge >= 0.3 is 0 Å². The fourth-order valence-corrected chi connectivity index (χ4v) is 5.24. The highest BCUT2D eigenvalue weighted by Crippen LogP contribution is 2.87. The molecule has 90 valence electrons. The van der Waals surface area contributed by atoms with Crippen LogP contribution < -0.4 is 11.5 Å². The van der Waals surface area contributed by atoms with E-state index in [9.17, 15) is 0 Å². The summed E-state index contributed by atoms with van der Waals surface area (Å²) in [5.74, 6) is 3.01. The van der Waals surface area contributed by atoms with Gasteiger partial charge in [-0.25, -0.2) is 0 Å². The van der Waals surface area contributed by atoms with E-state index in [0.717, 1.165) is 36.2 Å². The van der Waals surface area contributed by atoms with Crippen LogP contribution in [0.5, 0.6) is 0 Å². The Labute approximate surface area is 96.9 Å². The molecular formula is C13H22N2O. The molecule has 0 bridgehead atoms. The number of ether oxygens (including phenoxy) is 1. The van der Waals surface area contributed by atoms with Crippen LogP contribution in [0.15, 0.2) is 0 Å². The van der Waals surface area contributed by atoms with E-state index in [1.54, 1.807) is 0 Å². The Morgan fingerprint density at radius 1 is 1.38 bits per heavy atom. The van der Waals surface area contributed by atoms with Crippen LogP contribution in [0.25, 0.3) is 0 Å². The second kappa shape index (κ2) is 2.50. The van der Waals surface area contributed by atoms with E-state index in [1.165, 1.54) is 25.7 Å². The largest absolute Gasteiger partial charge is 0.375 e. The van der Waals surface area contributed by atoms with E-state index in [1.807, 2.05) is 6.92 Å². The first-order chi connectivity index (χ1) is 7.45. The van der Waals surface area contributed by atoms with Crippen molar-refractivity contribution in [3.63, 3.8) is 0 Å². The average Bonchev–Trinajstić information content (AvgIpc) is 2.71. The predicted octanol–water partition coefficient (Wildman–Crippen LogP) is 1.22. The van der Waals surface area contributed by atoms with Crippen molar-refractivity contribution in [1.29, 1.82) is 0 Å². The van der Waals surface area contributed by atoms with Crippen LogP contribution in [0.1, 0.15) is 39.0 Å². The van der Waals surface area contributed by atoms with Crippen molar-refractivity contribution in [3.05, 3.63) is 0 Å². The normalized spacial score (nSPS) is 56.1. The van der Waals surface area contributed by atoms with Gasteiger partial charge in [0.05, 0.1) is 17.9 Å². The minimum atomic E-state index is -0.570. The molecule has 0 radical (unpaired) electrons. The highest BCUT2D eigenvalue weighted by molar-refractivity contribution is 5.34. The molecule has 4 rings (SSSR count). The van der Waals surface area contributed by atoms with Crippen molar-refractivity contribution >= 4 is 0 Å². The Morgan fingerprint density at radius 2 is 2.19 bits per heavy atom. The second-order valence-electron chi connectivity index (χ2n) is 7.16. The molecule has 4 saturated carbocycles. The van der Waals surface area contributed by atoms with Gasteiger partial charge in [-0.1, -0.05) is 0 Å². The summed E-state index contributed by atoms with van der Waals surface area (Å²) in [5, 5.41) is 0. The smallest absolute Gasteiger partial charge is 0.0726 e. The number of hydrogen-bond acceptors (Lipinski definition) is 3. The lowest BCUT2D eigenvalue weighted by Crippen LogP contribution is -2.67. The summed E-state index contributed by atoms with van der Waals surface area (Å²) in [6, 6.07) is 0. The SMILES string of the molecule is CC(N)(N)CCOC12CC3CC4CC4(C1)C32. The van der Waals surface area contributed by atoms with E-state index in [-0.39, 0.29) is 5.60 Å². The zero-order valence-electron chi connectivity index (χ0n) is 10.0. The van der Waals surface area contributed by atoms with Gasteiger partial charge in [-0.3, -0.25) is 0 Å². The van der Waals surface area contributed by atoms with Crippen LogP contribution in [0.3, 0.4) is 0 Å². The molecule has 5 unspecified atom stereocenters. The monoisotopic (exact) mass is 222 g/mol. The minimum absolute atomic E-state index is 0.279. The summed E-state index contributed by atoms with van der Waals surface area (Å²) in [5.41, 5.74) is 12.0. The van der Waals surface area contributed by atoms with Crippen molar-refractivity contribution in [2.75, 3.05) is 6.61 Å². The van der Waals surface area contributed by atoms with Crippen molar-refractivity contribution < 1.29 is 4.74 Å². The van der Waals surface area contributed by atoms with Crippen molar-refractivity contribution in [2.24, 2.45) is 34.6 Å². The molecule has 0 amide bonds. The van der Waals surface area contributed by atoms with Gasteiger partial charge in [0.15, 0.2) is 0 Å². The fourth-order valence-electron chi connectivity index (χ4n) is 5.24. The van der Waals surface area contributed by atoms with E-state index in [0.29, 0.717) is 0 Å². The van der Waals surface area contributed by atoms with Crippen molar-refractivity contribution in [2.45, 2.75) is 50.3 Å². The molecule has 1 spiro atoms. The summed E-state index contributed by atoms with van der Waals surface area (Å²) < 4.78 is 6.15. The van der Waals surface area contributed by atoms with E-state index < -0.39 is 5.66 Å². The van der Waals surface area contributed by atoms with E-state index in [2.05, 4.69) is 0 Å². The molecule has 0 aromatic heterocycles. The van der Waals surface area contributed by atoms with Gasteiger partial charge in [-0.15, -0.1) is 0 Å². The maximum Gasteiger partial charge on any atom is 0.0726 e. The average molecular weight is 222 g/mol. The standard InChI is InChI=1S/C13H22N2O/c1-11(14,15)2-3-16-13-5-8-4-9-6-12(9,7-13)10(8)13/h8-10H,2-7,14-15H2,1H3. The summed E-state index contributed by atoms with van der Waals surface area (Å²) in [7, 11) is 0. The molecule has 0 aromatic rings. The van der Waals surface area contributed by atoms with Crippen LogP contribution >= 0.6 is 0 Å². The maximum absolute atomic E-state index is 6.15. The highest BCUT2D eigenvalue weighted by Gasteiger charge is 2.85. The lowest BCUT2D eigenvalue weighted by atomic mass is 9.45. The van der Waals surface area contributed by atoms with Crippen LogP contribution in [-0.2, 0) is 4.74 Å². The van der Waals surface area contributed by atoms with Gasteiger partial charge in [-0.2, -0.15) is 0 Å². The summed E-state index contributed by atoms with van der Waals surface area (Å²) >= 11 is 0. The molecule has 4 aliphatic rings. The van der Waals surface area contributed by atoms with E-state index in [4.69, 9.17) is 16.2 Å². The molecule has 4 aliphatic carbocycles. The molecular weight excluding hydrogens is 200 g/mol. The Morgan fingerprint density at radius 3 is 2.88 bits per heavy atom. The third kappa shape index (κ3) is 1.00. The van der Waals surface area contributed by atoms with Gasteiger partial charge in [0.1, 0.15) is 0 Å². The Balaban J connectivity index is 1.37. The quantitative estimate of drug-likeness (QED) is 0.703. The minimum Gasteiger partial charge on any atom is -0.375 e. The zero-order valence-corrected chi connectivity index (χ0v) is 10.0. The summed E-state index contributed by atoms with van der Waals surface area (Å²) in [6.45, 7) is 2.61. The lowest BCUT2D eigenvalue weighted by Gasteiger charge is -2.65. The van der Waals surface area contributed by atoms with Crippen molar-refractivity contribution in [1.82, 2.24) is 0 Å². The van der Waals surface area contributed by atoms with E-state index >= 15 is 0 Å². The van der Waals surface area contributed by atoms with Gasteiger partial charge in [0.2, 0.25) is 0 Å². The van der Waals surface area contributed by atoms with Gasteiger partial charge in [0.25, 0.3) is 0 Å². The number of hydrogen-bond donors (Lipinski definition) is 2. The maximum atomic E-state index is 6.15. The molecule has 3 heteroatoms. The molecule has 0 aliphatic heterocycles. The fraction of sp³-hybridized carbons (Fsp3) is 1.00. The second-order valence-corrected chi connectivity index (χ2v) is 7.16. The first-order valence-electron chi connectivity index (χ1n) is 6.67. The van der Waals surface area contributed by atoms with Gasteiger partial charge in [0, 0.05) is 6.42 Å². The third-order valence-electron chi connectivity index (χ3n) is 5.79. The van der Waals surface area contributed by atoms with Gasteiger partial charge in [-0.05, 0) is 55.8 Å². The van der Waals surface area contributed by atoms with Crippen LogP contribution in [0.4, 0.5) is 0 Å². The third-order valence-corrected chi connectivity index (χ3v) is 5.79. The van der Waals surface area contributed by atoms with Gasteiger partial charge < -0.3 is 16.2 Å². The Kier molecular flexibility index (Phi) is 1.54. The molecule has 3 nitrogen and oxygen atoms in total. The molecule has 4 N–H and O–H groups in total. The van der Waals surface area contributed by atoms with Crippen LogP contribution in [-0.4, -0.2) is 17.9 Å². The predicted molar refractivity (Wildman–Crippen MR) is 61.5 cm³/mol. The first-order valence-corrected chi connectivity index (χ1v) is 6.67. The van der Waals surface area contributed by atoms with Crippen LogP contribution in [0, 0.1) is 23.2 Å². The highest BCUT2D eigenvalue weighted by atomic mass is 16.5. The summed E-state index contributed by atoms with van der Waals surface area (Å²) in [4.78, 5) is 0. The number of nitrogens with two attached hydrogens (primary N) is 2.